The third-order valence-electron chi connectivity index (χ3n) is 4.29. The molecule has 0 heterocycles. The SMILES string of the molecule is CC1(C(F)(F)F)CC1.CCC.CCC(CC)OC.CNC(C)(C)C.COC(C)(C)C. The lowest BCUT2D eigenvalue weighted by Crippen LogP contribution is -2.31. The average molecular weight is 446 g/mol. The molecule has 1 rings (SSSR count). The minimum atomic E-state index is -3.95. The Balaban J connectivity index is -0.000000145. The third-order valence-corrected chi connectivity index (χ3v) is 4.29. The smallest absolute Gasteiger partial charge is 0.381 e. The lowest BCUT2D eigenvalue weighted by Gasteiger charge is -2.15. The van der Waals surface area contributed by atoms with Crippen LogP contribution in [0.4, 0.5) is 13.2 Å². The van der Waals surface area contributed by atoms with Crippen molar-refractivity contribution < 1.29 is 22.6 Å². The summed E-state index contributed by atoms with van der Waals surface area (Å²) in [5.74, 6) is 0. The molecule has 0 aromatic heterocycles. The maximum Gasteiger partial charge on any atom is 0.394 e. The number of nitrogens with one attached hydrogen (secondary N) is 1. The first kappa shape index (κ1) is 37.0. The van der Waals surface area contributed by atoms with Crippen molar-refractivity contribution in [3.8, 4) is 0 Å². The summed E-state index contributed by atoms with van der Waals surface area (Å²) in [5, 5.41) is 3.10. The molecule has 1 aliphatic carbocycles. The monoisotopic (exact) mass is 445 g/mol. The number of halogens is 3. The molecular weight excluding hydrogens is 391 g/mol. The van der Waals surface area contributed by atoms with Gasteiger partial charge in [0.25, 0.3) is 0 Å². The molecule has 6 heteroatoms. The molecular formula is C24H54F3NO2. The summed E-state index contributed by atoms with van der Waals surface area (Å²) >= 11 is 0. The van der Waals surface area contributed by atoms with E-state index in [2.05, 4.69) is 53.8 Å². The quantitative estimate of drug-likeness (QED) is 0.477. The minimum absolute atomic E-state index is 0.0417. The lowest BCUT2D eigenvalue weighted by atomic mass is 10.1. The van der Waals surface area contributed by atoms with Gasteiger partial charge < -0.3 is 14.8 Å². The highest BCUT2D eigenvalue weighted by Gasteiger charge is 2.59. The predicted molar refractivity (Wildman–Crippen MR) is 126 cm³/mol. The van der Waals surface area contributed by atoms with E-state index in [-0.39, 0.29) is 5.60 Å². The maximum absolute atomic E-state index is 11.6. The summed E-state index contributed by atoms with van der Waals surface area (Å²) in [6.07, 6.45) is 0.681. The average Bonchev–Trinajstić information content (AvgIpc) is 3.37. The maximum atomic E-state index is 11.6. The van der Waals surface area contributed by atoms with Gasteiger partial charge in [-0.1, -0.05) is 41.0 Å². The van der Waals surface area contributed by atoms with Crippen molar-refractivity contribution >= 4 is 0 Å². The van der Waals surface area contributed by atoms with E-state index in [1.165, 1.54) is 13.3 Å². The van der Waals surface area contributed by atoms with Crippen LogP contribution in [0, 0.1) is 5.41 Å². The van der Waals surface area contributed by atoms with Crippen molar-refractivity contribution in [2.45, 2.75) is 132 Å². The number of methoxy groups -OCH3 is 2. The first-order valence-electron chi connectivity index (χ1n) is 11.2. The molecule has 0 spiro atoms. The summed E-state index contributed by atoms with van der Waals surface area (Å²) < 4.78 is 44.9. The highest BCUT2D eigenvalue weighted by molar-refractivity contribution is 4.94. The van der Waals surface area contributed by atoms with Gasteiger partial charge in [-0.3, -0.25) is 0 Å². The molecule has 1 N–H and O–H groups in total. The Morgan fingerprint density at radius 2 is 1.13 bits per heavy atom. The van der Waals surface area contributed by atoms with Crippen molar-refractivity contribution in [2.24, 2.45) is 5.41 Å². The molecule has 0 radical (unpaired) electrons. The molecule has 188 valence electrons. The zero-order valence-electron chi connectivity index (χ0n) is 22.6. The molecule has 0 aliphatic heterocycles. The minimum Gasteiger partial charge on any atom is -0.381 e. The largest absolute Gasteiger partial charge is 0.394 e. The normalized spacial score (nSPS) is 14.6. The van der Waals surface area contributed by atoms with Gasteiger partial charge in [0.05, 0.1) is 17.1 Å². The van der Waals surface area contributed by atoms with Crippen molar-refractivity contribution in [3.05, 3.63) is 0 Å². The van der Waals surface area contributed by atoms with Crippen LogP contribution in [0.15, 0.2) is 0 Å². The summed E-state index contributed by atoms with van der Waals surface area (Å²) in [7, 11) is 5.43. The van der Waals surface area contributed by atoms with Crippen LogP contribution in [-0.2, 0) is 9.47 Å². The Hall–Kier alpha value is -0.330. The highest BCUT2D eigenvalue weighted by atomic mass is 19.4. The number of hydrogen-bond acceptors (Lipinski definition) is 3. The van der Waals surface area contributed by atoms with E-state index >= 15 is 0 Å². The van der Waals surface area contributed by atoms with E-state index in [4.69, 9.17) is 9.47 Å². The molecule has 0 amide bonds. The number of alkyl halides is 3. The summed E-state index contributed by atoms with van der Waals surface area (Å²) in [6, 6.07) is 0. The van der Waals surface area contributed by atoms with Gasteiger partial charge in [-0.25, -0.2) is 0 Å². The Kier molecular flexibility index (Phi) is 22.5. The number of hydrogen-bond donors (Lipinski definition) is 1. The van der Waals surface area contributed by atoms with Gasteiger partial charge in [-0.15, -0.1) is 0 Å². The highest BCUT2D eigenvalue weighted by Crippen LogP contribution is 2.56. The van der Waals surface area contributed by atoms with Crippen molar-refractivity contribution in [2.75, 3.05) is 21.3 Å². The van der Waals surface area contributed by atoms with Crippen LogP contribution in [0.3, 0.4) is 0 Å². The van der Waals surface area contributed by atoms with Gasteiger partial charge in [0.2, 0.25) is 0 Å². The van der Waals surface area contributed by atoms with Crippen LogP contribution in [0.2, 0.25) is 0 Å². The van der Waals surface area contributed by atoms with E-state index in [1.54, 1.807) is 14.2 Å². The molecule has 0 unspecified atom stereocenters. The van der Waals surface area contributed by atoms with Gasteiger partial charge in [-0.05, 0) is 74.3 Å². The van der Waals surface area contributed by atoms with Gasteiger partial charge in [0, 0.05) is 19.8 Å². The van der Waals surface area contributed by atoms with Gasteiger partial charge in [0.15, 0.2) is 0 Å². The zero-order valence-corrected chi connectivity index (χ0v) is 22.6. The summed E-state index contributed by atoms with van der Waals surface area (Å²) in [6.45, 7) is 22.2. The zero-order chi connectivity index (χ0) is 25.2. The van der Waals surface area contributed by atoms with Gasteiger partial charge in [0.1, 0.15) is 0 Å². The standard InChI is InChI=1S/C6H14O.C5H7F3.C5H13N.C5H12O.C3H8/c1-4-6(5-2)7-3;1-4(2-3-4)5(6,7)8;2*1-5(2,3)6-4;1-3-2/h6H,4-5H2,1-3H3;2-3H2,1H3;6H,1-4H3;1-4H3;3H2,1-2H3. The molecule has 1 saturated carbocycles. The van der Waals surface area contributed by atoms with Gasteiger partial charge >= 0.3 is 6.18 Å². The fraction of sp³-hybridized carbons (Fsp3) is 1.00. The molecule has 1 fully saturated rings. The summed E-state index contributed by atoms with van der Waals surface area (Å²) in [4.78, 5) is 0. The van der Waals surface area contributed by atoms with E-state index in [0.717, 1.165) is 12.8 Å². The van der Waals surface area contributed by atoms with Crippen LogP contribution < -0.4 is 5.32 Å². The second-order valence-electron chi connectivity index (χ2n) is 9.76. The number of ether oxygens (including phenoxy) is 2. The molecule has 1 aliphatic rings. The number of rotatable bonds is 3. The van der Waals surface area contributed by atoms with E-state index in [9.17, 15) is 13.2 Å². The van der Waals surface area contributed by atoms with Crippen LogP contribution in [-0.4, -0.2) is 44.7 Å². The Morgan fingerprint density at radius 3 is 1.13 bits per heavy atom. The van der Waals surface area contributed by atoms with E-state index in [0.29, 0.717) is 24.5 Å². The van der Waals surface area contributed by atoms with Crippen molar-refractivity contribution in [1.82, 2.24) is 5.32 Å². The van der Waals surface area contributed by atoms with Crippen LogP contribution in [0.1, 0.15) is 108 Å². The molecule has 0 atom stereocenters. The fourth-order valence-corrected chi connectivity index (χ4v) is 1.09. The molecule has 30 heavy (non-hydrogen) atoms. The topological polar surface area (TPSA) is 30.5 Å². The van der Waals surface area contributed by atoms with Crippen molar-refractivity contribution in [3.63, 3.8) is 0 Å². The van der Waals surface area contributed by atoms with Gasteiger partial charge in [-0.2, -0.15) is 13.2 Å². The van der Waals surface area contributed by atoms with Crippen LogP contribution in [0.25, 0.3) is 0 Å². The molecule has 3 nitrogen and oxygen atoms in total. The van der Waals surface area contributed by atoms with Crippen LogP contribution in [0.5, 0.6) is 0 Å². The van der Waals surface area contributed by atoms with Crippen LogP contribution >= 0.6 is 0 Å². The second kappa shape index (κ2) is 18.3. The second-order valence-corrected chi connectivity index (χ2v) is 9.76. The first-order chi connectivity index (χ1) is 13.3. The van der Waals surface area contributed by atoms with E-state index < -0.39 is 11.6 Å². The molecule has 0 aromatic rings. The summed E-state index contributed by atoms with van der Waals surface area (Å²) in [5.41, 5.74) is -0.979. The molecule has 0 bridgehead atoms. The Morgan fingerprint density at radius 1 is 0.867 bits per heavy atom. The molecule has 0 aromatic carbocycles. The first-order valence-corrected chi connectivity index (χ1v) is 11.2. The predicted octanol–water partition coefficient (Wildman–Crippen LogP) is 8.02. The fourth-order valence-electron chi connectivity index (χ4n) is 1.09. The Bertz CT molecular complexity index is 328. The van der Waals surface area contributed by atoms with E-state index in [1.807, 2.05) is 27.8 Å². The lowest BCUT2D eigenvalue weighted by molar-refractivity contribution is -0.181. The van der Waals surface area contributed by atoms with Crippen molar-refractivity contribution in [1.29, 1.82) is 0 Å². The molecule has 0 saturated heterocycles. The Labute approximate surface area is 186 Å². The third kappa shape index (κ3) is 29.9.